The van der Waals surface area contributed by atoms with Gasteiger partial charge in [0.25, 0.3) is 11.6 Å². The molecule has 21 heavy (non-hydrogen) atoms. The highest BCUT2D eigenvalue weighted by Crippen LogP contribution is 2.14. The second-order valence-electron chi connectivity index (χ2n) is 4.16. The van der Waals surface area contributed by atoms with E-state index in [9.17, 15) is 14.9 Å². The first-order chi connectivity index (χ1) is 10.1. The van der Waals surface area contributed by atoms with Gasteiger partial charge in [-0.2, -0.15) is 0 Å². The van der Waals surface area contributed by atoms with Crippen molar-refractivity contribution in [2.24, 2.45) is 0 Å². The first-order valence-corrected chi connectivity index (χ1v) is 6.19. The van der Waals surface area contributed by atoms with E-state index in [-0.39, 0.29) is 11.6 Å². The third kappa shape index (κ3) is 4.46. The van der Waals surface area contributed by atoms with Crippen molar-refractivity contribution in [2.75, 3.05) is 5.43 Å². The summed E-state index contributed by atoms with van der Waals surface area (Å²) in [6.45, 7) is 0. The quantitative estimate of drug-likeness (QED) is 0.502. The molecule has 0 aliphatic rings. The van der Waals surface area contributed by atoms with Crippen LogP contribution < -0.4 is 10.9 Å². The van der Waals surface area contributed by atoms with Crippen LogP contribution in [0.2, 0.25) is 0 Å². The Morgan fingerprint density at radius 2 is 1.71 bits per heavy atom. The smallest absolute Gasteiger partial charge is 0.269 e. The van der Waals surface area contributed by atoms with Crippen LogP contribution in [0.15, 0.2) is 60.7 Å². The molecule has 6 nitrogen and oxygen atoms in total. The Balaban J connectivity index is 1.86. The van der Waals surface area contributed by atoms with Gasteiger partial charge < -0.3 is 0 Å². The molecule has 6 heteroatoms. The van der Waals surface area contributed by atoms with E-state index in [2.05, 4.69) is 10.9 Å². The van der Waals surface area contributed by atoms with Crippen LogP contribution in [-0.2, 0) is 4.79 Å². The second kappa shape index (κ2) is 6.85. The number of nitro groups is 1. The van der Waals surface area contributed by atoms with Gasteiger partial charge in [0.2, 0.25) is 0 Å². The second-order valence-corrected chi connectivity index (χ2v) is 4.16. The first-order valence-electron chi connectivity index (χ1n) is 6.19. The number of carbonyl (C=O) groups excluding carboxylic acids is 1. The minimum Gasteiger partial charge on any atom is -0.298 e. The normalized spacial score (nSPS) is 10.3. The number of nitrogens with zero attached hydrogens (tertiary/aromatic N) is 1. The lowest BCUT2D eigenvalue weighted by molar-refractivity contribution is -0.384. The van der Waals surface area contributed by atoms with Crippen LogP contribution in [0.3, 0.4) is 0 Å². The van der Waals surface area contributed by atoms with E-state index >= 15 is 0 Å². The van der Waals surface area contributed by atoms with Gasteiger partial charge in [0.15, 0.2) is 0 Å². The Bertz CT molecular complexity index is 652. The van der Waals surface area contributed by atoms with E-state index < -0.39 is 4.92 Å². The molecule has 2 aromatic rings. The average molecular weight is 283 g/mol. The zero-order valence-electron chi connectivity index (χ0n) is 11.0. The summed E-state index contributed by atoms with van der Waals surface area (Å²) < 4.78 is 0. The van der Waals surface area contributed by atoms with Crippen molar-refractivity contribution in [3.05, 3.63) is 76.4 Å². The predicted octanol–water partition coefficient (Wildman–Crippen LogP) is 2.75. The summed E-state index contributed by atoms with van der Waals surface area (Å²) >= 11 is 0. The molecule has 0 heterocycles. The van der Waals surface area contributed by atoms with Gasteiger partial charge in [0.1, 0.15) is 0 Å². The summed E-state index contributed by atoms with van der Waals surface area (Å²) in [4.78, 5) is 21.6. The Hall–Kier alpha value is -3.15. The molecule has 0 aliphatic heterocycles. The predicted molar refractivity (Wildman–Crippen MR) is 80.3 cm³/mol. The molecule has 0 bridgehead atoms. The van der Waals surface area contributed by atoms with Crippen LogP contribution >= 0.6 is 0 Å². The number of benzene rings is 2. The molecule has 0 atom stereocenters. The molecular formula is C15H13N3O3. The summed E-state index contributed by atoms with van der Waals surface area (Å²) in [6.07, 6.45) is 3.08. The van der Waals surface area contributed by atoms with Crippen LogP contribution in [0, 0.1) is 10.1 Å². The lowest BCUT2D eigenvalue weighted by Crippen LogP contribution is -2.27. The van der Waals surface area contributed by atoms with E-state index in [1.54, 1.807) is 6.08 Å². The van der Waals surface area contributed by atoms with Crippen molar-refractivity contribution in [3.8, 4) is 0 Å². The number of nitro benzene ring substituents is 1. The Kier molecular flexibility index (Phi) is 4.66. The molecular weight excluding hydrogens is 270 g/mol. The van der Waals surface area contributed by atoms with Crippen molar-refractivity contribution in [1.82, 2.24) is 5.43 Å². The van der Waals surface area contributed by atoms with E-state index in [1.807, 2.05) is 30.3 Å². The largest absolute Gasteiger partial charge is 0.298 e. The number of hydrazine groups is 1. The third-order valence-electron chi connectivity index (χ3n) is 2.63. The van der Waals surface area contributed by atoms with Gasteiger partial charge in [-0.3, -0.25) is 25.8 Å². The topological polar surface area (TPSA) is 84.3 Å². The van der Waals surface area contributed by atoms with Crippen molar-refractivity contribution >= 4 is 23.4 Å². The summed E-state index contributed by atoms with van der Waals surface area (Å²) in [5, 5.41) is 10.5. The highest BCUT2D eigenvalue weighted by Gasteiger charge is 2.03. The lowest BCUT2D eigenvalue weighted by Gasteiger charge is -2.05. The Morgan fingerprint density at radius 3 is 2.33 bits per heavy atom. The summed E-state index contributed by atoms with van der Waals surface area (Å²) in [5.41, 5.74) is 6.62. The van der Waals surface area contributed by atoms with Crippen LogP contribution in [0.4, 0.5) is 11.4 Å². The summed E-state index contributed by atoms with van der Waals surface area (Å²) in [7, 11) is 0. The monoisotopic (exact) mass is 283 g/mol. The molecule has 0 saturated carbocycles. The number of anilines is 1. The molecule has 106 valence electrons. The number of nitrogens with one attached hydrogen (secondary N) is 2. The van der Waals surface area contributed by atoms with Crippen LogP contribution in [0.1, 0.15) is 5.56 Å². The maximum absolute atomic E-state index is 11.6. The van der Waals surface area contributed by atoms with Crippen LogP contribution in [0.25, 0.3) is 6.08 Å². The van der Waals surface area contributed by atoms with Gasteiger partial charge >= 0.3 is 0 Å². The average Bonchev–Trinajstić information content (AvgIpc) is 2.52. The van der Waals surface area contributed by atoms with Crippen molar-refractivity contribution < 1.29 is 9.72 Å². The minimum atomic E-state index is -0.481. The zero-order valence-corrected chi connectivity index (χ0v) is 11.0. The molecule has 2 N–H and O–H groups in total. The summed E-state index contributed by atoms with van der Waals surface area (Å²) in [5.74, 6) is -0.322. The lowest BCUT2D eigenvalue weighted by atomic mass is 10.2. The maximum atomic E-state index is 11.6. The fourth-order valence-electron chi connectivity index (χ4n) is 1.58. The molecule has 0 saturated heterocycles. The van der Waals surface area contributed by atoms with E-state index in [0.717, 1.165) is 5.56 Å². The van der Waals surface area contributed by atoms with Crippen LogP contribution in [-0.4, -0.2) is 10.8 Å². The van der Waals surface area contributed by atoms with E-state index in [0.29, 0.717) is 5.69 Å². The van der Waals surface area contributed by atoms with Gasteiger partial charge in [-0.1, -0.05) is 30.3 Å². The highest BCUT2D eigenvalue weighted by molar-refractivity contribution is 5.92. The number of carbonyl (C=O) groups is 1. The van der Waals surface area contributed by atoms with Gasteiger partial charge in [-0.15, -0.1) is 0 Å². The number of hydrogen-bond donors (Lipinski definition) is 2. The Labute approximate surface area is 121 Å². The molecule has 0 aromatic heterocycles. The molecule has 0 radical (unpaired) electrons. The Morgan fingerprint density at radius 1 is 1.05 bits per heavy atom. The van der Waals surface area contributed by atoms with E-state index in [1.165, 1.54) is 30.3 Å². The summed E-state index contributed by atoms with van der Waals surface area (Å²) in [6, 6.07) is 15.2. The molecule has 2 rings (SSSR count). The van der Waals surface area contributed by atoms with Crippen LogP contribution in [0.5, 0.6) is 0 Å². The van der Waals surface area contributed by atoms with Gasteiger partial charge in [-0.25, -0.2) is 0 Å². The van der Waals surface area contributed by atoms with Crippen molar-refractivity contribution in [2.45, 2.75) is 0 Å². The minimum absolute atomic E-state index is 0.00384. The first kappa shape index (κ1) is 14.3. The third-order valence-corrected chi connectivity index (χ3v) is 2.63. The fraction of sp³-hybridized carbons (Fsp3) is 0. The standard InChI is InChI=1S/C15H13N3O3/c19-15(11-6-12-4-2-1-3-5-12)17-16-13-7-9-14(10-8-13)18(20)21/h1-11,16H,(H,17,19). The van der Waals surface area contributed by atoms with Gasteiger partial charge in [0, 0.05) is 18.2 Å². The van der Waals surface area contributed by atoms with Gasteiger partial charge in [-0.05, 0) is 23.8 Å². The fourth-order valence-corrected chi connectivity index (χ4v) is 1.58. The molecule has 0 fully saturated rings. The molecule has 2 aromatic carbocycles. The zero-order chi connectivity index (χ0) is 15.1. The number of rotatable bonds is 5. The maximum Gasteiger partial charge on any atom is 0.269 e. The van der Waals surface area contributed by atoms with Gasteiger partial charge in [0.05, 0.1) is 10.6 Å². The highest BCUT2D eigenvalue weighted by atomic mass is 16.6. The van der Waals surface area contributed by atoms with E-state index in [4.69, 9.17) is 0 Å². The van der Waals surface area contributed by atoms with Crippen molar-refractivity contribution in [3.63, 3.8) is 0 Å². The molecule has 1 amide bonds. The number of amides is 1. The molecule has 0 unspecified atom stereocenters. The SMILES string of the molecule is O=C(C=Cc1ccccc1)NNc1ccc([N+](=O)[O-])cc1. The molecule has 0 spiro atoms. The number of non-ortho nitro benzene ring substituents is 1. The van der Waals surface area contributed by atoms with Crippen molar-refractivity contribution in [1.29, 1.82) is 0 Å². The molecule has 0 aliphatic carbocycles. The number of hydrogen-bond acceptors (Lipinski definition) is 4.